The maximum Gasteiger partial charge on any atom is 0.0716 e. The van der Waals surface area contributed by atoms with Crippen LogP contribution < -0.4 is 5.32 Å². The Hall–Kier alpha value is -0.900. The van der Waals surface area contributed by atoms with E-state index in [2.05, 4.69) is 34.5 Å². The molecular weight excluding hydrogens is 272 g/mol. The lowest BCUT2D eigenvalue weighted by atomic mass is 9.65. The molecule has 0 aromatic heterocycles. The SMILES string of the molecule is CCOCc1ccc(CNC2C3CC4CC2CN(C4)C3)cc1. The minimum absolute atomic E-state index is 0.730. The predicted octanol–water partition coefficient (Wildman–Crippen LogP) is 2.65. The van der Waals surface area contributed by atoms with E-state index in [1.54, 1.807) is 0 Å². The Labute approximate surface area is 134 Å². The first-order valence-corrected chi connectivity index (χ1v) is 8.93. The smallest absolute Gasteiger partial charge is 0.0716 e. The molecular formula is C19H28N2O. The molecule has 0 amide bonds. The highest BCUT2D eigenvalue weighted by atomic mass is 16.5. The minimum atomic E-state index is 0.730. The molecule has 3 saturated heterocycles. The summed E-state index contributed by atoms with van der Waals surface area (Å²) in [6, 6.07) is 9.66. The van der Waals surface area contributed by atoms with Gasteiger partial charge in [-0.2, -0.15) is 0 Å². The Morgan fingerprint density at radius 1 is 1.05 bits per heavy atom. The molecule has 3 aliphatic heterocycles. The van der Waals surface area contributed by atoms with Crippen LogP contribution in [0.15, 0.2) is 24.3 Å². The van der Waals surface area contributed by atoms with Gasteiger partial charge in [0.2, 0.25) is 0 Å². The van der Waals surface area contributed by atoms with Gasteiger partial charge in [-0.15, -0.1) is 0 Å². The molecule has 120 valence electrons. The maximum absolute atomic E-state index is 5.46. The highest BCUT2D eigenvalue weighted by Gasteiger charge is 2.46. The number of nitrogens with one attached hydrogen (secondary N) is 1. The third kappa shape index (κ3) is 2.94. The molecule has 1 aliphatic carbocycles. The monoisotopic (exact) mass is 300 g/mol. The quantitative estimate of drug-likeness (QED) is 0.874. The largest absolute Gasteiger partial charge is 0.377 e. The van der Waals surface area contributed by atoms with E-state index in [0.29, 0.717) is 0 Å². The maximum atomic E-state index is 5.46. The molecule has 4 fully saturated rings. The lowest BCUT2D eigenvalue weighted by Crippen LogP contribution is -2.63. The summed E-state index contributed by atoms with van der Waals surface area (Å²) >= 11 is 0. The van der Waals surface area contributed by atoms with E-state index in [9.17, 15) is 0 Å². The molecule has 1 saturated carbocycles. The molecule has 1 aromatic rings. The van der Waals surface area contributed by atoms with Crippen molar-refractivity contribution in [2.24, 2.45) is 17.8 Å². The number of piperidine rings is 3. The van der Waals surface area contributed by atoms with Gasteiger partial charge in [0.15, 0.2) is 0 Å². The summed E-state index contributed by atoms with van der Waals surface area (Å²) in [6.07, 6.45) is 2.91. The first-order valence-electron chi connectivity index (χ1n) is 8.93. The van der Waals surface area contributed by atoms with Crippen LogP contribution in [0, 0.1) is 17.8 Å². The van der Waals surface area contributed by atoms with Crippen LogP contribution in [0.1, 0.15) is 30.9 Å². The highest BCUT2D eigenvalue weighted by Crippen LogP contribution is 2.43. The van der Waals surface area contributed by atoms with Crippen LogP contribution in [0.4, 0.5) is 0 Å². The number of rotatable bonds is 6. The lowest BCUT2D eigenvalue weighted by molar-refractivity contribution is -0.0446. The molecule has 4 aliphatic rings. The number of nitrogens with zero attached hydrogens (tertiary/aromatic N) is 1. The standard InChI is InChI=1S/C19H28N2O/c1-2-22-13-15-5-3-14(4-6-15)9-20-19-17-7-16-8-18(19)12-21(10-16)11-17/h3-6,16-20H,2,7-13H2,1H3. The molecule has 2 unspecified atom stereocenters. The average molecular weight is 300 g/mol. The Balaban J connectivity index is 1.33. The van der Waals surface area contributed by atoms with Crippen LogP contribution in [0.2, 0.25) is 0 Å². The van der Waals surface area contributed by atoms with Crippen molar-refractivity contribution < 1.29 is 4.74 Å². The molecule has 1 aromatic carbocycles. The number of hydrogen-bond acceptors (Lipinski definition) is 3. The Kier molecular flexibility index (Phi) is 4.21. The van der Waals surface area contributed by atoms with Crippen molar-refractivity contribution in [1.29, 1.82) is 0 Å². The van der Waals surface area contributed by atoms with Gasteiger partial charge in [0.1, 0.15) is 0 Å². The van der Waals surface area contributed by atoms with Crippen molar-refractivity contribution in [2.45, 2.75) is 39.0 Å². The number of ether oxygens (including phenoxy) is 1. The second-order valence-corrected chi connectivity index (χ2v) is 7.44. The summed E-state index contributed by atoms with van der Waals surface area (Å²) in [5.74, 6) is 2.78. The van der Waals surface area contributed by atoms with Crippen molar-refractivity contribution in [2.75, 3.05) is 26.2 Å². The fraction of sp³-hybridized carbons (Fsp3) is 0.684. The zero-order valence-electron chi connectivity index (χ0n) is 13.6. The second-order valence-electron chi connectivity index (χ2n) is 7.44. The van der Waals surface area contributed by atoms with E-state index in [1.165, 1.54) is 43.6 Å². The molecule has 22 heavy (non-hydrogen) atoms. The molecule has 0 radical (unpaired) electrons. The fourth-order valence-corrected chi connectivity index (χ4v) is 4.95. The number of hydrogen-bond donors (Lipinski definition) is 1. The predicted molar refractivity (Wildman–Crippen MR) is 88.5 cm³/mol. The van der Waals surface area contributed by atoms with Crippen LogP contribution >= 0.6 is 0 Å². The molecule has 3 heteroatoms. The van der Waals surface area contributed by atoms with Crippen molar-refractivity contribution in [1.82, 2.24) is 10.2 Å². The van der Waals surface area contributed by atoms with Crippen molar-refractivity contribution >= 4 is 0 Å². The van der Waals surface area contributed by atoms with Crippen LogP contribution in [-0.2, 0) is 17.9 Å². The van der Waals surface area contributed by atoms with Gasteiger partial charge in [-0.25, -0.2) is 0 Å². The molecule has 5 rings (SSSR count). The second kappa shape index (κ2) is 6.31. The average Bonchev–Trinajstić information content (AvgIpc) is 2.53. The van der Waals surface area contributed by atoms with E-state index < -0.39 is 0 Å². The van der Waals surface area contributed by atoms with E-state index in [0.717, 1.165) is 43.6 Å². The third-order valence-electron chi connectivity index (χ3n) is 5.83. The van der Waals surface area contributed by atoms with Gasteiger partial charge in [-0.3, -0.25) is 0 Å². The first-order chi connectivity index (χ1) is 10.8. The highest BCUT2D eigenvalue weighted by molar-refractivity contribution is 5.22. The van der Waals surface area contributed by atoms with Crippen LogP contribution in [0.3, 0.4) is 0 Å². The van der Waals surface area contributed by atoms with E-state index >= 15 is 0 Å². The van der Waals surface area contributed by atoms with Gasteiger partial charge in [0, 0.05) is 38.8 Å². The zero-order valence-corrected chi connectivity index (χ0v) is 13.6. The topological polar surface area (TPSA) is 24.5 Å². The number of benzene rings is 1. The van der Waals surface area contributed by atoms with Gasteiger partial charge in [-0.1, -0.05) is 24.3 Å². The Morgan fingerprint density at radius 3 is 2.36 bits per heavy atom. The first kappa shape index (κ1) is 14.7. The normalized spacial score (nSPS) is 36.0. The van der Waals surface area contributed by atoms with Gasteiger partial charge >= 0.3 is 0 Å². The van der Waals surface area contributed by atoms with Crippen molar-refractivity contribution in [3.63, 3.8) is 0 Å². The van der Waals surface area contributed by atoms with E-state index in [4.69, 9.17) is 4.74 Å². The van der Waals surface area contributed by atoms with E-state index in [-0.39, 0.29) is 0 Å². The molecule has 1 N–H and O–H groups in total. The lowest BCUT2D eigenvalue weighted by Gasteiger charge is -2.56. The molecule has 3 heterocycles. The van der Waals surface area contributed by atoms with E-state index in [1.807, 2.05) is 6.92 Å². The Morgan fingerprint density at radius 2 is 1.73 bits per heavy atom. The summed E-state index contributed by atoms with van der Waals surface area (Å²) in [5, 5.41) is 3.89. The van der Waals surface area contributed by atoms with Gasteiger partial charge < -0.3 is 15.0 Å². The van der Waals surface area contributed by atoms with Gasteiger partial charge in [0.25, 0.3) is 0 Å². The van der Waals surface area contributed by atoms with Crippen LogP contribution in [0.25, 0.3) is 0 Å². The Bertz CT molecular complexity index is 471. The zero-order chi connectivity index (χ0) is 14.9. The van der Waals surface area contributed by atoms with Crippen LogP contribution in [0.5, 0.6) is 0 Å². The van der Waals surface area contributed by atoms with Crippen molar-refractivity contribution in [3.8, 4) is 0 Å². The summed E-state index contributed by atoms with van der Waals surface area (Å²) < 4.78 is 5.46. The molecule has 0 spiro atoms. The molecule has 2 atom stereocenters. The third-order valence-corrected chi connectivity index (χ3v) is 5.83. The summed E-state index contributed by atoms with van der Waals surface area (Å²) in [7, 11) is 0. The summed E-state index contributed by atoms with van der Waals surface area (Å²) in [6.45, 7) is 8.61. The van der Waals surface area contributed by atoms with Gasteiger partial charge in [-0.05, 0) is 48.6 Å². The van der Waals surface area contributed by atoms with Gasteiger partial charge in [0.05, 0.1) is 6.61 Å². The fourth-order valence-electron chi connectivity index (χ4n) is 4.95. The molecule has 4 bridgehead atoms. The van der Waals surface area contributed by atoms with Crippen LogP contribution in [-0.4, -0.2) is 37.2 Å². The minimum Gasteiger partial charge on any atom is -0.377 e. The molecule has 3 nitrogen and oxygen atoms in total. The summed E-state index contributed by atoms with van der Waals surface area (Å²) in [4.78, 5) is 2.70. The summed E-state index contributed by atoms with van der Waals surface area (Å²) in [5.41, 5.74) is 2.67. The van der Waals surface area contributed by atoms with Crippen molar-refractivity contribution in [3.05, 3.63) is 35.4 Å².